The second-order valence-corrected chi connectivity index (χ2v) is 5.55. The van der Waals surface area contributed by atoms with Crippen LogP contribution < -0.4 is 5.73 Å². The minimum absolute atomic E-state index is 0.209. The lowest BCUT2D eigenvalue weighted by molar-refractivity contribution is -0.0825. The highest BCUT2D eigenvalue weighted by atomic mass is 16.5. The van der Waals surface area contributed by atoms with E-state index in [1.165, 1.54) is 32.1 Å². The first-order valence-electron chi connectivity index (χ1n) is 6.01. The van der Waals surface area contributed by atoms with E-state index in [1.54, 1.807) is 0 Å². The molecule has 1 heterocycles. The van der Waals surface area contributed by atoms with Crippen molar-refractivity contribution in [2.75, 3.05) is 6.54 Å². The zero-order valence-electron chi connectivity index (χ0n) is 9.46. The average molecular weight is 197 g/mol. The molecule has 1 saturated carbocycles. The lowest BCUT2D eigenvalue weighted by atomic mass is 9.72. The van der Waals surface area contributed by atoms with Crippen LogP contribution in [0.25, 0.3) is 0 Å². The molecule has 2 heteroatoms. The van der Waals surface area contributed by atoms with Gasteiger partial charge in [-0.25, -0.2) is 0 Å². The number of hydrogen-bond acceptors (Lipinski definition) is 2. The van der Waals surface area contributed by atoms with Gasteiger partial charge in [0, 0.05) is 6.54 Å². The Bertz CT molecular complexity index is 194. The van der Waals surface area contributed by atoms with Crippen molar-refractivity contribution in [2.45, 2.75) is 57.7 Å². The maximum Gasteiger partial charge on any atom is 0.0705 e. The molecule has 0 bridgehead atoms. The third-order valence-electron chi connectivity index (χ3n) is 3.85. The van der Waals surface area contributed by atoms with Crippen LogP contribution in [0.3, 0.4) is 0 Å². The van der Waals surface area contributed by atoms with Gasteiger partial charge in [-0.1, -0.05) is 13.8 Å². The van der Waals surface area contributed by atoms with Crippen molar-refractivity contribution in [2.24, 2.45) is 17.6 Å². The first-order chi connectivity index (χ1) is 6.63. The van der Waals surface area contributed by atoms with Crippen LogP contribution in [-0.4, -0.2) is 18.2 Å². The fraction of sp³-hybridized carbons (Fsp3) is 1.00. The summed E-state index contributed by atoms with van der Waals surface area (Å²) in [6, 6.07) is 0. The van der Waals surface area contributed by atoms with Crippen LogP contribution in [0, 0.1) is 11.8 Å². The third-order valence-corrected chi connectivity index (χ3v) is 3.85. The molecule has 0 aromatic carbocycles. The monoisotopic (exact) mass is 197 g/mol. The molecule has 0 radical (unpaired) electrons. The van der Waals surface area contributed by atoms with Crippen LogP contribution in [0.1, 0.15) is 46.0 Å². The molecule has 2 rings (SSSR count). The number of hydrogen-bond donors (Lipinski definition) is 1. The molecule has 1 saturated heterocycles. The van der Waals surface area contributed by atoms with Gasteiger partial charge in [0.15, 0.2) is 0 Å². The Morgan fingerprint density at radius 1 is 1.29 bits per heavy atom. The molecule has 0 aromatic rings. The second kappa shape index (κ2) is 3.82. The first kappa shape index (κ1) is 10.4. The standard InChI is InChI=1S/C12H23NO/c1-9-5-10(2)7-12(6-9)4-3-11(8-13)14-12/h9-11H,3-8,13H2,1-2H3/t9-,10-,11-/m1/s1. The highest BCUT2D eigenvalue weighted by molar-refractivity contribution is 4.94. The van der Waals surface area contributed by atoms with Gasteiger partial charge in [0.25, 0.3) is 0 Å². The lowest BCUT2D eigenvalue weighted by Gasteiger charge is -2.40. The lowest BCUT2D eigenvalue weighted by Crippen LogP contribution is -2.38. The summed E-state index contributed by atoms with van der Waals surface area (Å²) in [6.45, 7) is 5.41. The fourth-order valence-corrected chi connectivity index (χ4v) is 3.57. The van der Waals surface area contributed by atoms with E-state index in [0.717, 1.165) is 11.8 Å². The first-order valence-corrected chi connectivity index (χ1v) is 6.01. The minimum Gasteiger partial charge on any atom is -0.370 e. The maximum atomic E-state index is 6.15. The van der Waals surface area contributed by atoms with E-state index in [2.05, 4.69) is 13.8 Å². The molecule has 14 heavy (non-hydrogen) atoms. The molecule has 2 fully saturated rings. The van der Waals surface area contributed by atoms with Crippen molar-refractivity contribution >= 4 is 0 Å². The fourth-order valence-electron chi connectivity index (χ4n) is 3.57. The van der Waals surface area contributed by atoms with Gasteiger partial charge in [-0.3, -0.25) is 0 Å². The Hall–Kier alpha value is -0.0800. The average Bonchev–Trinajstić information content (AvgIpc) is 2.46. The van der Waals surface area contributed by atoms with Crippen LogP contribution in [0.5, 0.6) is 0 Å². The largest absolute Gasteiger partial charge is 0.370 e. The van der Waals surface area contributed by atoms with E-state index < -0.39 is 0 Å². The highest BCUT2D eigenvalue weighted by Crippen LogP contribution is 2.45. The van der Waals surface area contributed by atoms with Crippen LogP contribution >= 0.6 is 0 Å². The smallest absolute Gasteiger partial charge is 0.0705 e. The number of ether oxygens (including phenoxy) is 1. The predicted octanol–water partition coefficient (Wildman–Crippen LogP) is 2.32. The van der Waals surface area contributed by atoms with E-state index >= 15 is 0 Å². The van der Waals surface area contributed by atoms with Crippen LogP contribution in [0.15, 0.2) is 0 Å². The zero-order chi connectivity index (χ0) is 10.2. The van der Waals surface area contributed by atoms with Crippen molar-refractivity contribution in [3.05, 3.63) is 0 Å². The summed E-state index contributed by atoms with van der Waals surface area (Å²) in [5.74, 6) is 1.66. The Morgan fingerprint density at radius 3 is 2.43 bits per heavy atom. The summed E-state index contributed by atoms with van der Waals surface area (Å²) < 4.78 is 6.15. The van der Waals surface area contributed by atoms with Crippen LogP contribution in [0.4, 0.5) is 0 Å². The summed E-state index contributed by atoms with van der Waals surface area (Å²) in [4.78, 5) is 0. The molecular weight excluding hydrogens is 174 g/mol. The van der Waals surface area contributed by atoms with Crippen molar-refractivity contribution in [3.8, 4) is 0 Å². The summed E-state index contributed by atoms with van der Waals surface area (Å²) >= 11 is 0. The van der Waals surface area contributed by atoms with E-state index in [1.807, 2.05) is 0 Å². The van der Waals surface area contributed by atoms with Crippen molar-refractivity contribution < 1.29 is 4.74 Å². The minimum atomic E-state index is 0.209. The van der Waals surface area contributed by atoms with Gasteiger partial charge in [0.2, 0.25) is 0 Å². The maximum absolute atomic E-state index is 6.15. The summed E-state index contributed by atoms with van der Waals surface area (Å²) in [6.07, 6.45) is 6.65. The van der Waals surface area contributed by atoms with E-state index in [4.69, 9.17) is 10.5 Å². The van der Waals surface area contributed by atoms with Gasteiger partial charge in [0.1, 0.15) is 0 Å². The molecule has 82 valence electrons. The van der Waals surface area contributed by atoms with Crippen molar-refractivity contribution in [1.29, 1.82) is 0 Å². The molecule has 1 spiro atoms. The summed E-state index contributed by atoms with van der Waals surface area (Å²) in [5, 5.41) is 0. The van der Waals surface area contributed by atoms with Gasteiger partial charge < -0.3 is 10.5 Å². The van der Waals surface area contributed by atoms with E-state index in [-0.39, 0.29) is 5.60 Å². The van der Waals surface area contributed by atoms with Gasteiger partial charge in [0.05, 0.1) is 11.7 Å². The van der Waals surface area contributed by atoms with Gasteiger partial charge in [-0.05, 0) is 43.9 Å². The Kier molecular flexibility index (Phi) is 2.85. The zero-order valence-corrected chi connectivity index (χ0v) is 9.46. The number of nitrogens with two attached hydrogens (primary N) is 1. The molecule has 0 aromatic heterocycles. The quantitative estimate of drug-likeness (QED) is 0.700. The van der Waals surface area contributed by atoms with Gasteiger partial charge in [-0.2, -0.15) is 0 Å². The van der Waals surface area contributed by atoms with Gasteiger partial charge in [-0.15, -0.1) is 0 Å². The van der Waals surface area contributed by atoms with Gasteiger partial charge >= 0.3 is 0 Å². The Morgan fingerprint density at radius 2 is 1.93 bits per heavy atom. The summed E-state index contributed by atoms with van der Waals surface area (Å²) in [7, 11) is 0. The molecule has 1 aliphatic carbocycles. The van der Waals surface area contributed by atoms with E-state index in [9.17, 15) is 0 Å². The molecule has 0 amide bonds. The molecule has 2 nitrogen and oxygen atoms in total. The topological polar surface area (TPSA) is 35.2 Å². The highest BCUT2D eigenvalue weighted by Gasteiger charge is 2.44. The Labute approximate surface area is 87.2 Å². The van der Waals surface area contributed by atoms with Crippen LogP contribution in [-0.2, 0) is 4.74 Å². The molecule has 2 aliphatic rings. The molecule has 2 N–H and O–H groups in total. The van der Waals surface area contributed by atoms with Crippen molar-refractivity contribution in [1.82, 2.24) is 0 Å². The third kappa shape index (κ3) is 1.96. The SMILES string of the molecule is C[C@@H]1C[C@@H](C)CC2(CC[C@H](CN)O2)C1. The number of rotatable bonds is 1. The molecular formula is C12H23NO. The molecule has 1 aliphatic heterocycles. The van der Waals surface area contributed by atoms with E-state index in [0.29, 0.717) is 12.6 Å². The predicted molar refractivity (Wildman–Crippen MR) is 58.1 cm³/mol. The molecule has 3 atom stereocenters. The van der Waals surface area contributed by atoms with Crippen LogP contribution in [0.2, 0.25) is 0 Å². The second-order valence-electron chi connectivity index (χ2n) is 5.55. The normalized spacial score (nSPS) is 48.6. The molecule has 0 unspecified atom stereocenters. The van der Waals surface area contributed by atoms with Crippen molar-refractivity contribution in [3.63, 3.8) is 0 Å². The summed E-state index contributed by atoms with van der Waals surface area (Å²) in [5.41, 5.74) is 5.88. The Balaban J connectivity index is 2.01.